The van der Waals surface area contributed by atoms with Crippen LogP contribution in [-0.2, 0) is 0 Å². The zero-order valence-corrected chi connectivity index (χ0v) is 9.14. The van der Waals surface area contributed by atoms with Crippen molar-refractivity contribution >= 4 is 17.1 Å². The van der Waals surface area contributed by atoms with Crippen LogP contribution in [0.15, 0.2) is 18.2 Å². The molecule has 1 fully saturated rings. The molecule has 3 N–H and O–H groups in total. The van der Waals surface area contributed by atoms with Gasteiger partial charge in [-0.25, -0.2) is 0 Å². The van der Waals surface area contributed by atoms with Gasteiger partial charge in [0.1, 0.15) is 5.69 Å². The average molecular weight is 221 g/mol. The number of nitrogen functional groups attached to an aromatic ring is 1. The van der Waals surface area contributed by atoms with Gasteiger partial charge in [-0.15, -0.1) is 0 Å². The van der Waals surface area contributed by atoms with Crippen LogP contribution >= 0.6 is 0 Å². The molecule has 1 atom stereocenters. The van der Waals surface area contributed by atoms with Crippen molar-refractivity contribution in [2.24, 2.45) is 5.92 Å². The van der Waals surface area contributed by atoms with Gasteiger partial charge >= 0.3 is 0 Å². The van der Waals surface area contributed by atoms with E-state index in [1.807, 2.05) is 0 Å². The topological polar surface area (TPSA) is 81.2 Å². The van der Waals surface area contributed by atoms with Gasteiger partial charge in [-0.05, 0) is 37.8 Å². The maximum absolute atomic E-state index is 10.6. The largest absolute Gasteiger partial charge is 0.393 e. The first-order valence-corrected chi connectivity index (χ1v) is 5.38. The Bertz CT molecular complexity index is 416. The van der Waals surface area contributed by atoms with E-state index < -0.39 is 4.92 Å². The summed E-state index contributed by atoms with van der Waals surface area (Å²) in [6.07, 6.45) is 2.52. The summed E-state index contributed by atoms with van der Waals surface area (Å²) in [6.45, 7) is 2.12. The van der Waals surface area contributed by atoms with Gasteiger partial charge in [0.25, 0.3) is 5.69 Å². The fourth-order valence-electron chi connectivity index (χ4n) is 1.79. The van der Waals surface area contributed by atoms with Crippen LogP contribution in [-0.4, -0.2) is 11.0 Å². The summed E-state index contributed by atoms with van der Waals surface area (Å²) in [7, 11) is 0. The molecule has 0 spiro atoms. The zero-order chi connectivity index (χ0) is 11.7. The normalized spacial score (nSPS) is 16.8. The molecule has 0 saturated heterocycles. The molecule has 1 unspecified atom stereocenters. The predicted octanol–water partition coefficient (Wildman–Crippen LogP) is 2.39. The van der Waals surface area contributed by atoms with E-state index in [4.69, 9.17) is 5.73 Å². The standard InChI is InChI=1S/C11H15N3O2/c1-7(8-2-3-8)13-9-4-5-11(14(15)16)10(12)6-9/h4-8,13H,2-3,12H2,1H3. The van der Waals surface area contributed by atoms with E-state index in [1.54, 1.807) is 12.1 Å². The molecule has 0 aromatic heterocycles. The fraction of sp³-hybridized carbons (Fsp3) is 0.455. The summed E-state index contributed by atoms with van der Waals surface area (Å²) in [6, 6.07) is 5.17. The summed E-state index contributed by atoms with van der Waals surface area (Å²) in [5, 5.41) is 13.9. The predicted molar refractivity (Wildman–Crippen MR) is 63.3 cm³/mol. The van der Waals surface area contributed by atoms with Crippen molar-refractivity contribution in [3.05, 3.63) is 28.3 Å². The first-order chi connectivity index (χ1) is 7.58. The third-order valence-electron chi connectivity index (χ3n) is 2.95. The Balaban J connectivity index is 2.10. The van der Waals surface area contributed by atoms with Crippen LogP contribution in [0.5, 0.6) is 0 Å². The lowest BCUT2D eigenvalue weighted by atomic mass is 10.2. The molecule has 5 heteroatoms. The van der Waals surface area contributed by atoms with E-state index in [0.29, 0.717) is 6.04 Å². The van der Waals surface area contributed by atoms with Gasteiger partial charge in [0.15, 0.2) is 0 Å². The summed E-state index contributed by atoms with van der Waals surface area (Å²) < 4.78 is 0. The van der Waals surface area contributed by atoms with Crippen LogP contribution < -0.4 is 11.1 Å². The number of hydrogen-bond donors (Lipinski definition) is 2. The number of nitrogens with zero attached hydrogens (tertiary/aromatic N) is 1. The highest BCUT2D eigenvalue weighted by atomic mass is 16.6. The van der Waals surface area contributed by atoms with Crippen LogP contribution in [0.3, 0.4) is 0 Å². The van der Waals surface area contributed by atoms with E-state index in [1.165, 1.54) is 18.9 Å². The summed E-state index contributed by atoms with van der Waals surface area (Å²) in [5.74, 6) is 0.733. The highest BCUT2D eigenvalue weighted by molar-refractivity contribution is 5.66. The van der Waals surface area contributed by atoms with Crippen molar-refractivity contribution in [1.29, 1.82) is 0 Å². The monoisotopic (exact) mass is 221 g/mol. The molecule has 0 aliphatic heterocycles. The van der Waals surface area contributed by atoms with Crippen LogP contribution in [0, 0.1) is 16.0 Å². The number of anilines is 2. The molecule has 1 aromatic carbocycles. The molecule has 1 aliphatic rings. The molecule has 2 rings (SSSR count). The molecule has 0 heterocycles. The Labute approximate surface area is 93.8 Å². The number of rotatable bonds is 4. The number of nitrogens with one attached hydrogen (secondary N) is 1. The minimum absolute atomic E-state index is 0.0374. The molecular formula is C11H15N3O2. The molecule has 5 nitrogen and oxygen atoms in total. The summed E-state index contributed by atoms with van der Waals surface area (Å²) >= 11 is 0. The minimum atomic E-state index is -0.469. The number of nitro benzene ring substituents is 1. The maximum atomic E-state index is 10.6. The van der Waals surface area contributed by atoms with Crippen molar-refractivity contribution in [3.63, 3.8) is 0 Å². The molecule has 1 aromatic rings. The van der Waals surface area contributed by atoms with Gasteiger partial charge in [-0.2, -0.15) is 0 Å². The van der Waals surface area contributed by atoms with Gasteiger partial charge in [0.05, 0.1) is 4.92 Å². The smallest absolute Gasteiger partial charge is 0.292 e. The van der Waals surface area contributed by atoms with E-state index in [2.05, 4.69) is 12.2 Å². The third kappa shape index (κ3) is 2.24. The molecule has 86 valence electrons. The number of nitro groups is 1. The Morgan fingerprint density at radius 1 is 1.56 bits per heavy atom. The van der Waals surface area contributed by atoms with Crippen molar-refractivity contribution in [1.82, 2.24) is 0 Å². The van der Waals surface area contributed by atoms with Crippen LogP contribution in [0.25, 0.3) is 0 Å². The Hall–Kier alpha value is -1.78. The van der Waals surface area contributed by atoms with Crippen molar-refractivity contribution in [2.75, 3.05) is 11.1 Å². The minimum Gasteiger partial charge on any atom is -0.393 e. The lowest BCUT2D eigenvalue weighted by Crippen LogP contribution is -2.17. The average Bonchev–Trinajstić information content (AvgIpc) is 2.99. The third-order valence-corrected chi connectivity index (χ3v) is 2.95. The molecule has 0 bridgehead atoms. The maximum Gasteiger partial charge on any atom is 0.292 e. The van der Waals surface area contributed by atoms with E-state index >= 15 is 0 Å². The number of nitrogens with two attached hydrogens (primary N) is 1. The zero-order valence-electron chi connectivity index (χ0n) is 9.14. The molecule has 0 radical (unpaired) electrons. The summed E-state index contributed by atoms with van der Waals surface area (Å²) in [5.41, 5.74) is 6.63. The Morgan fingerprint density at radius 3 is 2.75 bits per heavy atom. The fourth-order valence-corrected chi connectivity index (χ4v) is 1.79. The first kappa shape index (κ1) is 10.7. The molecule has 1 aliphatic carbocycles. The lowest BCUT2D eigenvalue weighted by molar-refractivity contribution is -0.383. The van der Waals surface area contributed by atoms with E-state index in [0.717, 1.165) is 11.6 Å². The lowest BCUT2D eigenvalue weighted by Gasteiger charge is -2.14. The van der Waals surface area contributed by atoms with Crippen molar-refractivity contribution in [3.8, 4) is 0 Å². The van der Waals surface area contributed by atoms with Crippen LogP contribution in [0.1, 0.15) is 19.8 Å². The molecule has 0 amide bonds. The van der Waals surface area contributed by atoms with Crippen LogP contribution in [0.2, 0.25) is 0 Å². The van der Waals surface area contributed by atoms with E-state index in [-0.39, 0.29) is 11.4 Å². The number of hydrogen-bond acceptors (Lipinski definition) is 4. The molecule has 16 heavy (non-hydrogen) atoms. The highest BCUT2D eigenvalue weighted by Gasteiger charge is 2.27. The SMILES string of the molecule is CC(Nc1ccc([N+](=O)[O-])c(N)c1)C1CC1. The van der Waals surface area contributed by atoms with Gasteiger partial charge in [0, 0.05) is 17.8 Å². The second-order valence-electron chi connectivity index (χ2n) is 4.30. The van der Waals surface area contributed by atoms with Gasteiger partial charge in [-0.1, -0.05) is 0 Å². The van der Waals surface area contributed by atoms with Gasteiger partial charge < -0.3 is 11.1 Å². The Morgan fingerprint density at radius 2 is 2.25 bits per heavy atom. The molecule has 1 saturated carbocycles. The van der Waals surface area contributed by atoms with E-state index in [9.17, 15) is 10.1 Å². The highest BCUT2D eigenvalue weighted by Crippen LogP contribution is 2.34. The van der Waals surface area contributed by atoms with Crippen molar-refractivity contribution < 1.29 is 4.92 Å². The van der Waals surface area contributed by atoms with Gasteiger partial charge in [0.2, 0.25) is 0 Å². The quantitative estimate of drug-likeness (QED) is 0.464. The summed E-state index contributed by atoms with van der Waals surface area (Å²) in [4.78, 5) is 10.1. The number of benzene rings is 1. The second kappa shape index (κ2) is 4.00. The second-order valence-corrected chi connectivity index (χ2v) is 4.30. The van der Waals surface area contributed by atoms with Crippen LogP contribution in [0.4, 0.5) is 17.1 Å². The van der Waals surface area contributed by atoms with Gasteiger partial charge in [-0.3, -0.25) is 10.1 Å². The first-order valence-electron chi connectivity index (χ1n) is 5.38. The van der Waals surface area contributed by atoms with Crippen molar-refractivity contribution in [2.45, 2.75) is 25.8 Å². The Kier molecular flexibility index (Phi) is 2.68. The molecular weight excluding hydrogens is 206 g/mol.